The van der Waals surface area contributed by atoms with Crippen LogP contribution in [0.4, 0.5) is 4.39 Å². The molecule has 0 unspecified atom stereocenters. The van der Waals surface area contributed by atoms with Crippen LogP contribution in [0.25, 0.3) is 0 Å². The maximum absolute atomic E-state index is 13.8. The van der Waals surface area contributed by atoms with Gasteiger partial charge in [-0.25, -0.2) is 12.8 Å². The monoisotopic (exact) mass is 308 g/mol. The highest BCUT2D eigenvalue weighted by molar-refractivity contribution is 7.89. The molecule has 2 aromatic rings. The van der Waals surface area contributed by atoms with Crippen molar-refractivity contribution in [1.82, 2.24) is 10.3 Å². The van der Waals surface area contributed by atoms with Crippen LogP contribution >= 0.6 is 0 Å². The number of hydrogen-bond donors (Lipinski definition) is 2. The summed E-state index contributed by atoms with van der Waals surface area (Å²) >= 11 is 0. The minimum Gasteiger partial charge on any atom is -0.273 e. The van der Waals surface area contributed by atoms with Gasteiger partial charge in [-0.05, 0) is 30.7 Å². The largest absolute Gasteiger partial charge is 0.273 e. The average molecular weight is 308 g/mol. The second-order valence-corrected chi connectivity index (χ2v) is 5.99. The maximum Gasteiger partial charge on any atom is 0.269 e. The lowest BCUT2D eigenvalue weighted by molar-refractivity contribution is 0.0941. The van der Waals surface area contributed by atoms with Gasteiger partial charge in [0.2, 0.25) is 0 Å². The summed E-state index contributed by atoms with van der Waals surface area (Å²) in [5, 5.41) is 0. The number of aryl methyl sites for hydroxylation is 1. The highest BCUT2D eigenvalue weighted by atomic mass is 32.2. The molecule has 5 nitrogen and oxygen atoms in total. The lowest BCUT2D eigenvalue weighted by atomic mass is 10.1. The fourth-order valence-electron chi connectivity index (χ4n) is 1.66. The first-order chi connectivity index (χ1) is 9.92. The number of rotatable bonds is 4. The van der Waals surface area contributed by atoms with Crippen LogP contribution < -0.4 is 10.3 Å². The Bertz CT molecular complexity index is 761. The quantitative estimate of drug-likeness (QED) is 0.845. The molecule has 21 heavy (non-hydrogen) atoms. The molecule has 0 aliphatic rings. The van der Waals surface area contributed by atoms with Crippen molar-refractivity contribution in [2.45, 2.75) is 11.8 Å². The van der Waals surface area contributed by atoms with Crippen LogP contribution in [0.1, 0.15) is 15.9 Å². The van der Waals surface area contributed by atoms with Crippen molar-refractivity contribution in [1.29, 1.82) is 0 Å². The summed E-state index contributed by atoms with van der Waals surface area (Å²) in [6.45, 7) is 1.51. The van der Waals surface area contributed by atoms with Crippen LogP contribution in [-0.2, 0) is 10.0 Å². The molecule has 7 heteroatoms. The molecule has 0 aliphatic carbocycles. The van der Waals surface area contributed by atoms with Crippen molar-refractivity contribution >= 4 is 15.9 Å². The summed E-state index contributed by atoms with van der Waals surface area (Å²) < 4.78 is 37.6. The van der Waals surface area contributed by atoms with Crippen molar-refractivity contribution in [2.75, 3.05) is 0 Å². The van der Waals surface area contributed by atoms with Gasteiger partial charge in [0.25, 0.3) is 15.9 Å². The molecule has 0 heterocycles. The van der Waals surface area contributed by atoms with Crippen molar-refractivity contribution in [2.24, 2.45) is 0 Å². The van der Waals surface area contributed by atoms with E-state index in [1.807, 2.05) is 10.3 Å². The normalized spacial score (nSPS) is 11.1. The molecule has 2 aromatic carbocycles. The summed E-state index contributed by atoms with van der Waals surface area (Å²) in [4.78, 5) is 13.7. The van der Waals surface area contributed by atoms with Crippen LogP contribution in [0.2, 0.25) is 0 Å². The summed E-state index contributed by atoms with van der Waals surface area (Å²) in [5.41, 5.74) is 2.06. The summed E-state index contributed by atoms with van der Waals surface area (Å²) in [6.07, 6.45) is 0. The molecule has 0 aromatic heterocycles. The predicted octanol–water partition coefficient (Wildman–Crippen LogP) is 1.76. The first-order valence-corrected chi connectivity index (χ1v) is 7.52. The Morgan fingerprint density at radius 2 is 1.71 bits per heavy atom. The van der Waals surface area contributed by atoms with E-state index in [0.717, 1.165) is 0 Å². The molecule has 110 valence electrons. The smallest absolute Gasteiger partial charge is 0.269 e. The number of benzene rings is 2. The van der Waals surface area contributed by atoms with Gasteiger partial charge in [-0.3, -0.25) is 10.2 Å². The maximum atomic E-state index is 13.8. The summed E-state index contributed by atoms with van der Waals surface area (Å²) in [5.74, 6) is -1.55. The van der Waals surface area contributed by atoms with Crippen molar-refractivity contribution in [3.05, 3.63) is 65.5 Å². The molecule has 0 saturated heterocycles. The number of hydrogen-bond acceptors (Lipinski definition) is 3. The molecule has 0 saturated carbocycles. The van der Waals surface area contributed by atoms with E-state index in [-0.39, 0.29) is 10.5 Å². The number of amides is 1. The predicted molar refractivity (Wildman–Crippen MR) is 75.4 cm³/mol. The summed E-state index contributed by atoms with van der Waals surface area (Å²) in [7, 11) is -3.89. The van der Waals surface area contributed by atoms with E-state index in [9.17, 15) is 17.6 Å². The van der Waals surface area contributed by atoms with E-state index in [1.54, 1.807) is 18.2 Å². The highest BCUT2D eigenvalue weighted by Crippen LogP contribution is 2.11. The van der Waals surface area contributed by atoms with Gasteiger partial charge >= 0.3 is 0 Å². The van der Waals surface area contributed by atoms with E-state index in [4.69, 9.17) is 0 Å². The second-order valence-electron chi connectivity index (χ2n) is 4.31. The van der Waals surface area contributed by atoms with Gasteiger partial charge in [-0.1, -0.05) is 30.3 Å². The molecule has 0 bridgehead atoms. The zero-order valence-electron chi connectivity index (χ0n) is 11.1. The van der Waals surface area contributed by atoms with Gasteiger partial charge in [0.05, 0.1) is 10.5 Å². The number of hydrazine groups is 1. The van der Waals surface area contributed by atoms with Gasteiger partial charge in [0.1, 0.15) is 5.82 Å². The number of nitrogens with one attached hydrogen (secondary N) is 2. The Balaban J connectivity index is 2.13. The van der Waals surface area contributed by atoms with E-state index in [0.29, 0.717) is 5.56 Å². The molecule has 0 fully saturated rings. The Labute approximate surface area is 121 Å². The molecule has 0 spiro atoms. The minimum absolute atomic E-state index is 0.00462. The van der Waals surface area contributed by atoms with Gasteiger partial charge in [-0.15, -0.1) is 4.83 Å². The van der Waals surface area contributed by atoms with Gasteiger partial charge in [0.15, 0.2) is 0 Å². The zero-order valence-corrected chi connectivity index (χ0v) is 11.9. The Morgan fingerprint density at radius 1 is 1.05 bits per heavy atom. The molecule has 1 amide bonds. The van der Waals surface area contributed by atoms with Crippen LogP contribution in [0, 0.1) is 12.7 Å². The fourth-order valence-corrected chi connectivity index (χ4v) is 2.52. The Morgan fingerprint density at radius 3 is 2.38 bits per heavy atom. The molecular formula is C14H13FN2O3S. The standard InChI is InChI=1S/C14H13FN2O3S/c1-10-6-5-9-12(13(10)15)14(18)16-17-21(19,20)11-7-3-2-4-8-11/h2-9,17H,1H3,(H,16,18). The lowest BCUT2D eigenvalue weighted by Gasteiger charge is -2.09. The zero-order chi connectivity index (χ0) is 15.5. The van der Waals surface area contributed by atoms with E-state index in [2.05, 4.69) is 0 Å². The molecule has 0 radical (unpaired) electrons. The molecule has 0 aliphatic heterocycles. The van der Waals surface area contributed by atoms with Crippen molar-refractivity contribution in [3.63, 3.8) is 0 Å². The third-order valence-corrected chi connectivity index (χ3v) is 4.05. The Kier molecular flexibility index (Phi) is 4.35. The molecule has 2 rings (SSSR count). The van der Waals surface area contributed by atoms with E-state index >= 15 is 0 Å². The third kappa shape index (κ3) is 3.45. The van der Waals surface area contributed by atoms with Crippen molar-refractivity contribution in [3.8, 4) is 0 Å². The first-order valence-electron chi connectivity index (χ1n) is 6.04. The minimum atomic E-state index is -3.89. The van der Waals surface area contributed by atoms with Gasteiger partial charge in [0, 0.05) is 0 Å². The number of sulfonamides is 1. The van der Waals surface area contributed by atoms with Gasteiger partial charge < -0.3 is 0 Å². The molecule has 2 N–H and O–H groups in total. The Hall–Kier alpha value is -2.25. The lowest BCUT2D eigenvalue weighted by Crippen LogP contribution is -2.41. The first kappa shape index (κ1) is 15.1. The van der Waals surface area contributed by atoms with Crippen LogP contribution in [-0.4, -0.2) is 14.3 Å². The van der Waals surface area contributed by atoms with E-state index < -0.39 is 21.7 Å². The average Bonchev–Trinajstić information content (AvgIpc) is 2.49. The highest BCUT2D eigenvalue weighted by Gasteiger charge is 2.17. The molecule has 0 atom stereocenters. The second kappa shape index (κ2) is 6.02. The van der Waals surface area contributed by atoms with Crippen molar-refractivity contribution < 1.29 is 17.6 Å². The molecular weight excluding hydrogens is 295 g/mol. The number of carbonyl (C=O) groups excluding carboxylic acids is 1. The van der Waals surface area contributed by atoms with Crippen LogP contribution in [0.15, 0.2) is 53.4 Å². The van der Waals surface area contributed by atoms with Crippen LogP contribution in [0.5, 0.6) is 0 Å². The SMILES string of the molecule is Cc1cccc(C(=O)NNS(=O)(=O)c2ccccc2)c1F. The topological polar surface area (TPSA) is 75.3 Å². The number of halogens is 1. The van der Waals surface area contributed by atoms with Crippen LogP contribution in [0.3, 0.4) is 0 Å². The number of carbonyl (C=O) groups is 1. The summed E-state index contributed by atoms with van der Waals surface area (Å²) in [6, 6.07) is 11.8. The fraction of sp³-hybridized carbons (Fsp3) is 0.0714. The van der Waals surface area contributed by atoms with Gasteiger partial charge in [-0.2, -0.15) is 0 Å². The van der Waals surface area contributed by atoms with E-state index in [1.165, 1.54) is 37.3 Å². The third-order valence-electron chi connectivity index (χ3n) is 2.79.